The van der Waals surface area contributed by atoms with E-state index in [0.717, 1.165) is 0 Å². The Kier molecular flexibility index (Phi) is 7.53. The van der Waals surface area contributed by atoms with Crippen molar-refractivity contribution in [3.8, 4) is 11.1 Å². The molecule has 2 aromatic carbocycles. The monoisotopic (exact) mass is 536 g/mol. The zero-order valence-electron chi connectivity index (χ0n) is 22.7. The van der Waals surface area contributed by atoms with Gasteiger partial charge in [0.1, 0.15) is 18.2 Å². The highest BCUT2D eigenvalue weighted by molar-refractivity contribution is 5.81. The lowest BCUT2D eigenvalue weighted by Gasteiger charge is -2.33. The number of benzene rings is 2. The summed E-state index contributed by atoms with van der Waals surface area (Å²) in [6, 6.07) is 15.5. The molecule has 2 unspecified atom stereocenters. The molecule has 2 atom stereocenters. The fourth-order valence-corrected chi connectivity index (χ4v) is 5.78. The van der Waals surface area contributed by atoms with Gasteiger partial charge < -0.3 is 24.2 Å². The van der Waals surface area contributed by atoms with E-state index in [-0.39, 0.29) is 37.7 Å². The maximum atomic E-state index is 12.9. The van der Waals surface area contributed by atoms with E-state index < -0.39 is 29.8 Å². The molecule has 0 bridgehead atoms. The molecule has 2 aromatic rings. The molecule has 1 N–H and O–H groups in total. The van der Waals surface area contributed by atoms with Crippen molar-refractivity contribution in [1.29, 1.82) is 0 Å². The number of piperidine rings is 1. The van der Waals surface area contributed by atoms with Crippen molar-refractivity contribution < 1.29 is 33.7 Å². The molecule has 0 aromatic heterocycles. The molecule has 5 rings (SSSR count). The maximum absolute atomic E-state index is 12.9. The molecule has 0 spiro atoms. The lowest BCUT2D eigenvalue weighted by atomic mass is 9.98. The van der Waals surface area contributed by atoms with E-state index in [1.54, 1.807) is 25.7 Å². The minimum atomic E-state index is -1.07. The summed E-state index contributed by atoms with van der Waals surface area (Å²) in [5, 5.41) is 9.62. The zero-order valence-corrected chi connectivity index (χ0v) is 22.7. The number of aliphatic carboxylic acids is 1. The summed E-state index contributed by atoms with van der Waals surface area (Å²) >= 11 is 0. The molecule has 2 saturated heterocycles. The van der Waals surface area contributed by atoms with Crippen molar-refractivity contribution >= 4 is 18.2 Å². The van der Waals surface area contributed by atoms with E-state index in [9.17, 15) is 19.5 Å². The Morgan fingerprint density at radius 2 is 1.49 bits per heavy atom. The molecular formula is C30H36N2O7. The van der Waals surface area contributed by atoms with Crippen LogP contribution in [0.25, 0.3) is 11.1 Å². The number of carboxylic acids is 1. The van der Waals surface area contributed by atoms with Crippen LogP contribution in [0, 0.1) is 0 Å². The first-order valence-electron chi connectivity index (χ1n) is 13.6. The summed E-state index contributed by atoms with van der Waals surface area (Å²) in [6.07, 6.45) is -0.0636. The van der Waals surface area contributed by atoms with E-state index in [2.05, 4.69) is 24.3 Å². The average Bonchev–Trinajstić information content (AvgIpc) is 3.46. The molecule has 2 heterocycles. The van der Waals surface area contributed by atoms with Gasteiger partial charge in [-0.15, -0.1) is 0 Å². The smallest absolute Gasteiger partial charge is 0.411 e. The largest absolute Gasteiger partial charge is 0.480 e. The first-order valence-corrected chi connectivity index (χ1v) is 13.6. The minimum Gasteiger partial charge on any atom is -0.480 e. The predicted molar refractivity (Wildman–Crippen MR) is 144 cm³/mol. The van der Waals surface area contributed by atoms with Gasteiger partial charge in [-0.3, -0.25) is 4.90 Å². The van der Waals surface area contributed by atoms with Gasteiger partial charge in [0.2, 0.25) is 0 Å². The highest BCUT2D eigenvalue weighted by atomic mass is 16.6. The summed E-state index contributed by atoms with van der Waals surface area (Å²) in [6.45, 7) is 6.67. The van der Waals surface area contributed by atoms with Gasteiger partial charge in [-0.1, -0.05) is 48.5 Å². The van der Waals surface area contributed by atoms with E-state index in [1.807, 2.05) is 24.3 Å². The normalized spacial score (nSPS) is 21.4. The number of hydrogen-bond donors (Lipinski definition) is 1. The number of carbonyl (C=O) groups is 3. The molecule has 0 saturated carbocycles. The van der Waals surface area contributed by atoms with Gasteiger partial charge in [0.05, 0.1) is 18.8 Å². The molecule has 2 aliphatic heterocycles. The van der Waals surface area contributed by atoms with Crippen LogP contribution in [0.5, 0.6) is 0 Å². The molecule has 3 aliphatic rings. The summed E-state index contributed by atoms with van der Waals surface area (Å²) < 4.78 is 17.4. The van der Waals surface area contributed by atoms with Crippen LogP contribution in [0.15, 0.2) is 48.5 Å². The van der Waals surface area contributed by atoms with Crippen LogP contribution >= 0.6 is 0 Å². The van der Waals surface area contributed by atoms with Crippen molar-refractivity contribution in [3.63, 3.8) is 0 Å². The van der Waals surface area contributed by atoms with Gasteiger partial charge in [-0.2, -0.15) is 0 Å². The highest BCUT2D eigenvalue weighted by Crippen LogP contribution is 2.44. The van der Waals surface area contributed by atoms with Crippen molar-refractivity contribution in [2.45, 2.75) is 69.8 Å². The summed E-state index contributed by atoms with van der Waals surface area (Å²) in [5.41, 5.74) is 4.01. The van der Waals surface area contributed by atoms with E-state index in [1.165, 1.54) is 27.2 Å². The van der Waals surface area contributed by atoms with Crippen molar-refractivity contribution in [2.75, 3.05) is 26.2 Å². The number of nitrogens with zero attached hydrogens (tertiary/aromatic N) is 2. The topological polar surface area (TPSA) is 106 Å². The Hall–Kier alpha value is -3.59. The number of likely N-dealkylation sites (tertiary alicyclic amines) is 2. The Balaban J connectivity index is 1.12. The number of carboxylic acid groups (broad SMARTS) is 1. The third-order valence-electron chi connectivity index (χ3n) is 7.60. The third kappa shape index (κ3) is 5.88. The Bertz CT molecular complexity index is 1190. The summed E-state index contributed by atoms with van der Waals surface area (Å²) in [7, 11) is 0. The molecule has 9 nitrogen and oxygen atoms in total. The van der Waals surface area contributed by atoms with Crippen LogP contribution in [-0.2, 0) is 19.0 Å². The maximum Gasteiger partial charge on any atom is 0.411 e. The Morgan fingerprint density at radius 1 is 0.897 bits per heavy atom. The quantitative estimate of drug-likeness (QED) is 0.581. The van der Waals surface area contributed by atoms with Gasteiger partial charge in [0, 0.05) is 25.4 Å². The van der Waals surface area contributed by atoms with Gasteiger partial charge >= 0.3 is 18.2 Å². The molecule has 9 heteroatoms. The minimum absolute atomic E-state index is 0.0136. The number of rotatable bonds is 5. The summed E-state index contributed by atoms with van der Waals surface area (Å²) in [5.74, 6) is -1.06. The molecule has 208 valence electrons. The van der Waals surface area contributed by atoms with Crippen LogP contribution in [0.1, 0.15) is 57.1 Å². The molecule has 0 radical (unpaired) electrons. The SMILES string of the molecule is CC(C)(C)OC(=O)N1CC(OC2CCN(C(=O)OCC3c4ccccc4-c4ccccc43)CC2)CC1C(=O)O. The predicted octanol–water partition coefficient (Wildman–Crippen LogP) is 4.88. The molecule has 2 fully saturated rings. The standard InChI is InChI=1S/C30H36N2O7/c1-30(2,3)39-29(36)32-17-20(16-26(32)27(33)34)38-19-12-14-31(15-13-19)28(35)37-18-25-23-10-6-4-8-21(23)22-9-5-7-11-24(22)25/h4-11,19-20,25-26H,12-18H2,1-3H3,(H,33,34). The summed E-state index contributed by atoms with van der Waals surface area (Å²) in [4.78, 5) is 40.2. The highest BCUT2D eigenvalue weighted by Gasteiger charge is 2.43. The van der Waals surface area contributed by atoms with Crippen molar-refractivity contribution in [3.05, 3.63) is 59.7 Å². The van der Waals surface area contributed by atoms with Crippen LogP contribution in [0.3, 0.4) is 0 Å². The fraction of sp³-hybridized carbons (Fsp3) is 0.500. The molecule has 1 aliphatic carbocycles. The number of amides is 2. The number of fused-ring (bicyclic) bond motifs is 3. The van der Waals surface area contributed by atoms with Gasteiger partial charge in [-0.25, -0.2) is 14.4 Å². The van der Waals surface area contributed by atoms with E-state index in [0.29, 0.717) is 25.9 Å². The van der Waals surface area contributed by atoms with Crippen LogP contribution in [0.2, 0.25) is 0 Å². The lowest BCUT2D eigenvalue weighted by Crippen LogP contribution is -2.44. The van der Waals surface area contributed by atoms with Crippen molar-refractivity contribution in [2.24, 2.45) is 0 Å². The fourth-order valence-electron chi connectivity index (χ4n) is 5.78. The van der Waals surface area contributed by atoms with E-state index >= 15 is 0 Å². The van der Waals surface area contributed by atoms with Crippen LogP contribution in [-0.4, -0.2) is 83.2 Å². The lowest BCUT2D eigenvalue weighted by molar-refractivity contribution is -0.142. The first-order chi connectivity index (χ1) is 18.6. The second-order valence-corrected chi connectivity index (χ2v) is 11.5. The number of carbonyl (C=O) groups excluding carboxylic acids is 2. The Morgan fingerprint density at radius 3 is 2.05 bits per heavy atom. The van der Waals surface area contributed by atoms with Gasteiger partial charge in [-0.05, 0) is 55.9 Å². The molecule has 39 heavy (non-hydrogen) atoms. The van der Waals surface area contributed by atoms with Crippen LogP contribution in [0.4, 0.5) is 9.59 Å². The zero-order chi connectivity index (χ0) is 27.7. The second kappa shape index (κ2) is 10.9. The van der Waals surface area contributed by atoms with E-state index in [4.69, 9.17) is 14.2 Å². The first kappa shape index (κ1) is 27.0. The number of hydrogen-bond acceptors (Lipinski definition) is 6. The molecular weight excluding hydrogens is 500 g/mol. The average molecular weight is 537 g/mol. The van der Waals surface area contributed by atoms with Gasteiger partial charge in [0.15, 0.2) is 0 Å². The number of ether oxygens (including phenoxy) is 3. The molecule has 2 amide bonds. The Labute approximate surface area is 228 Å². The van der Waals surface area contributed by atoms with Crippen molar-refractivity contribution in [1.82, 2.24) is 9.80 Å². The van der Waals surface area contributed by atoms with Gasteiger partial charge in [0.25, 0.3) is 0 Å². The second-order valence-electron chi connectivity index (χ2n) is 11.5. The third-order valence-corrected chi connectivity index (χ3v) is 7.60. The van der Waals surface area contributed by atoms with Crippen LogP contribution < -0.4 is 0 Å².